The number of allylic oxidation sites excluding steroid dienone is 4. The first-order chi connectivity index (χ1) is 9.53. The van der Waals surface area contributed by atoms with E-state index in [9.17, 15) is 0 Å². The minimum atomic E-state index is 0.506. The van der Waals surface area contributed by atoms with Gasteiger partial charge in [0.1, 0.15) is 0 Å². The molecule has 5 atom stereocenters. The van der Waals surface area contributed by atoms with Crippen molar-refractivity contribution in [1.82, 2.24) is 0 Å². The van der Waals surface area contributed by atoms with E-state index in [-0.39, 0.29) is 0 Å². The van der Waals surface area contributed by atoms with Crippen LogP contribution in [0, 0.1) is 28.6 Å². The third-order valence-corrected chi connectivity index (χ3v) is 7.75. The van der Waals surface area contributed by atoms with Crippen molar-refractivity contribution in [2.24, 2.45) is 28.6 Å². The van der Waals surface area contributed by atoms with E-state index in [4.69, 9.17) is 0 Å². The van der Waals surface area contributed by atoms with Gasteiger partial charge in [-0.15, -0.1) is 0 Å². The SMILES string of the molecule is CC1=CC2=CCC3C4CCC[C@@]4(C)CCC3[C@@]2(C)CC1. The highest BCUT2D eigenvalue weighted by Gasteiger charge is 2.54. The van der Waals surface area contributed by atoms with E-state index in [1.165, 1.54) is 51.4 Å². The Kier molecular flexibility index (Phi) is 2.79. The van der Waals surface area contributed by atoms with Crippen LogP contribution in [0.2, 0.25) is 0 Å². The van der Waals surface area contributed by atoms with Crippen molar-refractivity contribution in [3.8, 4) is 0 Å². The van der Waals surface area contributed by atoms with Crippen molar-refractivity contribution in [2.75, 3.05) is 0 Å². The first kappa shape index (κ1) is 13.2. The molecule has 0 spiro atoms. The van der Waals surface area contributed by atoms with Gasteiger partial charge < -0.3 is 0 Å². The summed E-state index contributed by atoms with van der Waals surface area (Å²) in [6.45, 7) is 7.52. The van der Waals surface area contributed by atoms with Crippen LogP contribution in [0.25, 0.3) is 0 Å². The maximum absolute atomic E-state index is 2.63. The highest BCUT2D eigenvalue weighted by Crippen LogP contribution is 2.64. The summed E-state index contributed by atoms with van der Waals surface area (Å²) in [7, 11) is 0. The van der Waals surface area contributed by atoms with Crippen LogP contribution in [0.4, 0.5) is 0 Å². The van der Waals surface area contributed by atoms with E-state index >= 15 is 0 Å². The lowest BCUT2D eigenvalue weighted by molar-refractivity contribution is -0.0183. The normalized spacial score (nSPS) is 50.6. The van der Waals surface area contributed by atoms with Gasteiger partial charge in [-0.3, -0.25) is 0 Å². The second-order valence-corrected chi connectivity index (χ2v) is 8.77. The van der Waals surface area contributed by atoms with Crippen molar-refractivity contribution in [3.63, 3.8) is 0 Å². The zero-order chi connectivity index (χ0) is 14.0. The molecule has 20 heavy (non-hydrogen) atoms. The fourth-order valence-corrected chi connectivity index (χ4v) is 6.46. The zero-order valence-electron chi connectivity index (χ0n) is 13.5. The van der Waals surface area contributed by atoms with Crippen LogP contribution in [0.1, 0.15) is 72.1 Å². The summed E-state index contributed by atoms with van der Waals surface area (Å²) in [4.78, 5) is 0. The Morgan fingerprint density at radius 2 is 1.90 bits per heavy atom. The van der Waals surface area contributed by atoms with Gasteiger partial charge in [0.2, 0.25) is 0 Å². The number of rotatable bonds is 0. The second kappa shape index (κ2) is 4.24. The van der Waals surface area contributed by atoms with E-state index in [1.54, 1.807) is 11.1 Å². The minimum Gasteiger partial charge on any atom is -0.0805 e. The molecule has 0 saturated heterocycles. The molecule has 0 N–H and O–H groups in total. The molecule has 0 aromatic carbocycles. The molecule has 2 fully saturated rings. The maximum Gasteiger partial charge on any atom is -0.00443 e. The van der Waals surface area contributed by atoms with E-state index in [2.05, 4.69) is 32.9 Å². The predicted molar refractivity (Wildman–Crippen MR) is 85.5 cm³/mol. The zero-order valence-corrected chi connectivity index (χ0v) is 13.5. The van der Waals surface area contributed by atoms with Crippen LogP contribution >= 0.6 is 0 Å². The van der Waals surface area contributed by atoms with Crippen molar-refractivity contribution in [3.05, 3.63) is 23.3 Å². The molecule has 4 rings (SSSR count). The summed E-state index contributed by atoms with van der Waals surface area (Å²) in [5.41, 5.74) is 4.51. The largest absolute Gasteiger partial charge is 0.0805 e. The Morgan fingerprint density at radius 3 is 2.75 bits per heavy atom. The highest BCUT2D eigenvalue weighted by atomic mass is 14.6. The summed E-state index contributed by atoms with van der Waals surface area (Å²) < 4.78 is 0. The Bertz CT molecular complexity index is 482. The van der Waals surface area contributed by atoms with Crippen molar-refractivity contribution in [1.29, 1.82) is 0 Å². The van der Waals surface area contributed by atoms with Gasteiger partial charge >= 0.3 is 0 Å². The number of hydrogen-bond donors (Lipinski definition) is 0. The standard InChI is InChI=1S/C20H30/c1-14-8-12-20(3)15(13-14)6-7-16-17-5-4-10-19(17,2)11-9-18(16)20/h6,13,16-18H,4-5,7-12H2,1-3H3/t16?,17?,18?,19-,20-/m0/s1. The van der Waals surface area contributed by atoms with Crippen LogP contribution in [0.3, 0.4) is 0 Å². The molecule has 0 nitrogen and oxygen atoms in total. The van der Waals surface area contributed by atoms with E-state index in [1.807, 2.05) is 0 Å². The van der Waals surface area contributed by atoms with Gasteiger partial charge in [-0.1, -0.05) is 38.0 Å². The quantitative estimate of drug-likeness (QED) is 0.514. The predicted octanol–water partition coefficient (Wildman–Crippen LogP) is 5.90. The van der Waals surface area contributed by atoms with Gasteiger partial charge in [0, 0.05) is 0 Å². The van der Waals surface area contributed by atoms with Gasteiger partial charge in [0.25, 0.3) is 0 Å². The van der Waals surface area contributed by atoms with E-state index < -0.39 is 0 Å². The van der Waals surface area contributed by atoms with Crippen LogP contribution in [0.5, 0.6) is 0 Å². The number of fused-ring (bicyclic) bond motifs is 5. The lowest BCUT2D eigenvalue weighted by atomic mass is 9.49. The first-order valence-electron chi connectivity index (χ1n) is 8.91. The molecule has 0 amide bonds. The molecule has 0 bridgehead atoms. The molecule has 0 aromatic heterocycles. The molecule has 0 radical (unpaired) electrons. The summed E-state index contributed by atoms with van der Waals surface area (Å²) in [5, 5.41) is 0. The Hall–Kier alpha value is -0.520. The molecule has 0 aliphatic heterocycles. The van der Waals surface area contributed by atoms with Crippen LogP contribution in [-0.2, 0) is 0 Å². The average Bonchev–Trinajstić information content (AvgIpc) is 2.81. The minimum absolute atomic E-state index is 0.506. The topological polar surface area (TPSA) is 0 Å². The molecule has 4 aliphatic carbocycles. The lowest BCUT2D eigenvalue weighted by Crippen LogP contribution is -2.47. The molecular weight excluding hydrogens is 240 g/mol. The third-order valence-electron chi connectivity index (χ3n) is 7.75. The number of hydrogen-bond acceptors (Lipinski definition) is 0. The van der Waals surface area contributed by atoms with Crippen molar-refractivity contribution in [2.45, 2.75) is 72.1 Å². The fourth-order valence-electron chi connectivity index (χ4n) is 6.46. The summed E-state index contributed by atoms with van der Waals surface area (Å²) in [6, 6.07) is 0. The van der Waals surface area contributed by atoms with Gasteiger partial charge in [0.15, 0.2) is 0 Å². The Labute approximate surface area is 124 Å². The molecular formula is C20H30. The van der Waals surface area contributed by atoms with Gasteiger partial charge in [-0.05, 0) is 86.0 Å². The van der Waals surface area contributed by atoms with Crippen LogP contribution < -0.4 is 0 Å². The highest BCUT2D eigenvalue weighted by molar-refractivity contribution is 5.36. The third kappa shape index (κ3) is 1.66. The summed E-state index contributed by atoms with van der Waals surface area (Å²) in [6.07, 6.45) is 16.8. The molecule has 4 aliphatic rings. The molecule has 3 unspecified atom stereocenters. The van der Waals surface area contributed by atoms with E-state index in [0.717, 1.165) is 17.8 Å². The molecule has 0 heterocycles. The monoisotopic (exact) mass is 270 g/mol. The Balaban J connectivity index is 1.72. The summed E-state index contributed by atoms with van der Waals surface area (Å²) in [5.74, 6) is 3.00. The van der Waals surface area contributed by atoms with Crippen molar-refractivity contribution >= 4 is 0 Å². The average molecular weight is 270 g/mol. The molecule has 0 heteroatoms. The fraction of sp³-hybridized carbons (Fsp3) is 0.800. The first-order valence-corrected chi connectivity index (χ1v) is 8.91. The molecule has 110 valence electrons. The van der Waals surface area contributed by atoms with Crippen molar-refractivity contribution < 1.29 is 0 Å². The molecule has 0 aromatic rings. The lowest BCUT2D eigenvalue weighted by Gasteiger charge is -2.56. The van der Waals surface area contributed by atoms with E-state index in [0.29, 0.717) is 10.8 Å². The van der Waals surface area contributed by atoms with Gasteiger partial charge in [0.05, 0.1) is 0 Å². The summed E-state index contributed by atoms with van der Waals surface area (Å²) >= 11 is 0. The molecule has 2 saturated carbocycles. The smallest absolute Gasteiger partial charge is 0.00443 e. The van der Waals surface area contributed by atoms with Gasteiger partial charge in [-0.2, -0.15) is 0 Å². The van der Waals surface area contributed by atoms with Crippen LogP contribution in [0.15, 0.2) is 23.3 Å². The maximum atomic E-state index is 2.63. The van der Waals surface area contributed by atoms with Crippen LogP contribution in [-0.4, -0.2) is 0 Å². The Morgan fingerprint density at radius 1 is 1.05 bits per heavy atom. The van der Waals surface area contributed by atoms with Gasteiger partial charge in [-0.25, -0.2) is 0 Å². The second-order valence-electron chi connectivity index (χ2n) is 8.77.